The molecule has 0 aromatic carbocycles. The summed E-state index contributed by atoms with van der Waals surface area (Å²) in [4.78, 5) is 22.4. The van der Waals surface area contributed by atoms with Crippen LogP contribution in [0.4, 0.5) is 0 Å². The van der Waals surface area contributed by atoms with Crippen molar-refractivity contribution in [2.45, 2.75) is 89.1 Å². The van der Waals surface area contributed by atoms with E-state index in [4.69, 9.17) is 24.7 Å². The molecule has 0 aromatic rings. The largest absolute Gasteiger partial charge is 0.463 e. The van der Waals surface area contributed by atoms with Gasteiger partial charge in [0.2, 0.25) is 0 Å². The number of aliphatic hydroxyl groups excluding tert-OH is 3. The summed E-state index contributed by atoms with van der Waals surface area (Å²) < 4.78 is 4.88. The van der Waals surface area contributed by atoms with Crippen molar-refractivity contribution >= 4 is 5.97 Å². The Kier molecular flexibility index (Phi) is 11.6. The second-order valence-electron chi connectivity index (χ2n) is 8.31. The van der Waals surface area contributed by atoms with E-state index in [1.807, 2.05) is 6.08 Å². The zero-order valence-electron chi connectivity index (χ0n) is 18.0. The van der Waals surface area contributed by atoms with Gasteiger partial charge >= 0.3 is 5.97 Å². The van der Waals surface area contributed by atoms with E-state index < -0.39 is 18.8 Å². The van der Waals surface area contributed by atoms with Gasteiger partial charge in [0.05, 0.1) is 18.8 Å². The lowest BCUT2D eigenvalue weighted by atomic mass is 9.89. The number of unbranched alkanes of at least 4 members (excludes halogenated alkanes) is 3. The molecular weight excluding hydrogens is 388 g/mol. The predicted octanol–water partition coefficient (Wildman–Crippen LogP) is 2.83. The first-order valence-electron chi connectivity index (χ1n) is 11.3. The molecule has 2 rings (SSSR count). The van der Waals surface area contributed by atoms with Crippen LogP contribution in [0.5, 0.6) is 0 Å². The second kappa shape index (κ2) is 13.9. The van der Waals surface area contributed by atoms with Crippen LogP contribution in [0, 0.1) is 11.8 Å². The Morgan fingerprint density at radius 3 is 2.73 bits per heavy atom. The maximum absolute atomic E-state index is 11.5. The van der Waals surface area contributed by atoms with Crippen LogP contribution in [0.25, 0.3) is 0 Å². The number of carbonyl (C=O) groups excluding carboxylic acids is 1. The maximum Gasteiger partial charge on any atom is 0.305 e. The van der Waals surface area contributed by atoms with Gasteiger partial charge < -0.3 is 20.1 Å². The van der Waals surface area contributed by atoms with E-state index in [0.717, 1.165) is 44.9 Å². The van der Waals surface area contributed by atoms with Crippen molar-refractivity contribution in [3.05, 3.63) is 24.3 Å². The summed E-state index contributed by atoms with van der Waals surface area (Å²) in [5, 5.41) is 28.0. The molecule has 0 amide bonds. The molecule has 1 saturated heterocycles. The van der Waals surface area contributed by atoms with E-state index in [1.165, 1.54) is 0 Å². The molecule has 1 saturated carbocycles. The SMILES string of the molecule is CCCCC[C@H](O)/C=C/[C@@H]1[C@@H](C/C=C\CCCC(=O)OCC(O)CO)[C@@H]2C[C@H]1OO2. The monoisotopic (exact) mass is 426 g/mol. The van der Waals surface area contributed by atoms with E-state index in [1.54, 1.807) is 0 Å². The zero-order chi connectivity index (χ0) is 21.8. The van der Waals surface area contributed by atoms with Crippen molar-refractivity contribution in [3.8, 4) is 0 Å². The molecule has 0 radical (unpaired) electrons. The van der Waals surface area contributed by atoms with Gasteiger partial charge in [0, 0.05) is 24.7 Å². The van der Waals surface area contributed by atoms with Crippen molar-refractivity contribution in [2.24, 2.45) is 11.8 Å². The van der Waals surface area contributed by atoms with Crippen LogP contribution >= 0.6 is 0 Å². The molecule has 7 heteroatoms. The molecule has 2 bridgehead atoms. The molecule has 1 aliphatic carbocycles. The smallest absolute Gasteiger partial charge is 0.305 e. The first-order chi connectivity index (χ1) is 14.5. The van der Waals surface area contributed by atoms with Crippen LogP contribution in [0.3, 0.4) is 0 Å². The summed E-state index contributed by atoms with van der Waals surface area (Å²) in [6, 6.07) is 0. The summed E-state index contributed by atoms with van der Waals surface area (Å²) in [5.74, 6) is 0.225. The number of hydrogen-bond donors (Lipinski definition) is 3. The highest BCUT2D eigenvalue weighted by Gasteiger charge is 2.49. The topological polar surface area (TPSA) is 105 Å². The summed E-state index contributed by atoms with van der Waals surface area (Å²) in [5.41, 5.74) is 0. The Morgan fingerprint density at radius 1 is 1.17 bits per heavy atom. The van der Waals surface area contributed by atoms with E-state index in [0.29, 0.717) is 12.3 Å². The maximum atomic E-state index is 11.5. The lowest BCUT2D eigenvalue weighted by Gasteiger charge is -2.27. The van der Waals surface area contributed by atoms with Gasteiger partial charge in [0.25, 0.3) is 0 Å². The molecule has 1 heterocycles. The van der Waals surface area contributed by atoms with Crippen LogP contribution in [-0.2, 0) is 19.3 Å². The van der Waals surface area contributed by atoms with Crippen LogP contribution in [0.2, 0.25) is 0 Å². The van der Waals surface area contributed by atoms with Crippen LogP contribution < -0.4 is 0 Å². The Bertz CT molecular complexity index is 548. The third kappa shape index (κ3) is 8.47. The summed E-state index contributed by atoms with van der Waals surface area (Å²) in [6.07, 6.45) is 14.6. The van der Waals surface area contributed by atoms with Gasteiger partial charge in [0.1, 0.15) is 18.8 Å². The second-order valence-corrected chi connectivity index (χ2v) is 8.31. The Labute approximate surface area is 179 Å². The minimum absolute atomic E-state index is 0.0662. The van der Waals surface area contributed by atoms with Crippen LogP contribution in [-0.4, -0.2) is 58.9 Å². The first kappa shape index (κ1) is 25.0. The molecular formula is C23H38O7. The number of esters is 1. The average Bonchev–Trinajstić information content (AvgIpc) is 3.35. The lowest BCUT2D eigenvalue weighted by Crippen LogP contribution is -2.28. The highest BCUT2D eigenvalue weighted by Crippen LogP contribution is 2.44. The Morgan fingerprint density at radius 2 is 1.97 bits per heavy atom. The molecule has 6 atom stereocenters. The third-order valence-electron chi connectivity index (χ3n) is 5.80. The molecule has 30 heavy (non-hydrogen) atoms. The number of carbonyl (C=O) groups is 1. The minimum atomic E-state index is -1.01. The van der Waals surface area contributed by atoms with Gasteiger partial charge in [-0.2, -0.15) is 0 Å². The van der Waals surface area contributed by atoms with E-state index in [9.17, 15) is 9.90 Å². The summed E-state index contributed by atoms with van der Waals surface area (Å²) in [6.45, 7) is 1.57. The normalized spacial score (nSPS) is 27.9. The molecule has 0 aromatic heterocycles. The fraction of sp³-hybridized carbons (Fsp3) is 0.783. The average molecular weight is 427 g/mol. The standard InChI is InChI=1S/C23H38O7/c1-2-3-6-9-17(25)12-13-20-19(21-14-22(20)30-29-21)10-7-4-5-8-11-23(27)28-16-18(26)15-24/h4,7,12-13,17-22,24-26H,2-3,5-6,8-11,14-16H2,1H3/b7-4-,13-12+/t17-,18?,19+,20+,21-,22+/m0/s1. The highest BCUT2D eigenvalue weighted by molar-refractivity contribution is 5.69. The van der Waals surface area contributed by atoms with Gasteiger partial charge in [-0.3, -0.25) is 4.79 Å². The van der Waals surface area contributed by atoms with Crippen molar-refractivity contribution < 1.29 is 34.6 Å². The number of aliphatic hydroxyl groups is 3. The summed E-state index contributed by atoms with van der Waals surface area (Å²) >= 11 is 0. The van der Waals surface area contributed by atoms with E-state index in [-0.39, 0.29) is 37.1 Å². The summed E-state index contributed by atoms with van der Waals surface area (Å²) in [7, 11) is 0. The molecule has 1 aliphatic heterocycles. The van der Waals surface area contributed by atoms with E-state index in [2.05, 4.69) is 25.2 Å². The van der Waals surface area contributed by atoms with Gasteiger partial charge in [-0.1, -0.05) is 50.5 Å². The fourth-order valence-corrected chi connectivity index (χ4v) is 4.02. The van der Waals surface area contributed by atoms with Gasteiger partial charge in [0.15, 0.2) is 0 Å². The van der Waals surface area contributed by atoms with Crippen LogP contribution in [0.15, 0.2) is 24.3 Å². The predicted molar refractivity (Wildman–Crippen MR) is 112 cm³/mol. The van der Waals surface area contributed by atoms with Crippen molar-refractivity contribution in [2.75, 3.05) is 13.2 Å². The van der Waals surface area contributed by atoms with Crippen molar-refractivity contribution in [1.29, 1.82) is 0 Å². The van der Waals surface area contributed by atoms with Gasteiger partial charge in [-0.05, 0) is 25.7 Å². The zero-order valence-corrected chi connectivity index (χ0v) is 18.0. The molecule has 2 aliphatic rings. The van der Waals surface area contributed by atoms with Crippen molar-refractivity contribution in [3.63, 3.8) is 0 Å². The Hall–Kier alpha value is -1.25. The minimum Gasteiger partial charge on any atom is -0.463 e. The fourth-order valence-electron chi connectivity index (χ4n) is 4.02. The quantitative estimate of drug-likeness (QED) is 0.160. The van der Waals surface area contributed by atoms with Crippen molar-refractivity contribution in [1.82, 2.24) is 0 Å². The van der Waals surface area contributed by atoms with Gasteiger partial charge in [-0.15, -0.1) is 0 Å². The molecule has 1 unspecified atom stereocenters. The third-order valence-corrected chi connectivity index (χ3v) is 5.80. The van der Waals surface area contributed by atoms with E-state index >= 15 is 0 Å². The molecule has 7 nitrogen and oxygen atoms in total. The number of ether oxygens (including phenoxy) is 1. The Balaban J connectivity index is 1.68. The first-order valence-corrected chi connectivity index (χ1v) is 11.3. The lowest BCUT2D eigenvalue weighted by molar-refractivity contribution is -0.336. The molecule has 2 fully saturated rings. The molecule has 0 spiro atoms. The van der Waals surface area contributed by atoms with Crippen LogP contribution in [0.1, 0.15) is 64.7 Å². The molecule has 172 valence electrons. The highest BCUT2D eigenvalue weighted by atomic mass is 17.2. The number of allylic oxidation sites excluding steroid dienone is 2. The number of fused-ring (bicyclic) bond motifs is 2. The number of rotatable bonds is 15. The number of hydrogen-bond acceptors (Lipinski definition) is 7. The molecule has 3 N–H and O–H groups in total. The van der Waals surface area contributed by atoms with Gasteiger partial charge in [-0.25, -0.2) is 9.78 Å².